The number of carbonyl (C=O) groups is 1. The number of carbonyl (C=O) groups excluding carboxylic acids is 1. The molecule has 1 N–H and O–H groups in total. The van der Waals surface area contributed by atoms with Crippen molar-refractivity contribution < 1.29 is 9.53 Å². The summed E-state index contributed by atoms with van der Waals surface area (Å²) in [5, 5.41) is 3.27. The van der Waals surface area contributed by atoms with E-state index in [0.717, 1.165) is 10.5 Å². The topological polar surface area (TPSA) is 64.1 Å². The molecule has 3 aromatic rings. The van der Waals surface area contributed by atoms with Crippen molar-refractivity contribution in [2.24, 2.45) is 0 Å². The monoisotopic (exact) mass is 385 g/mol. The number of amides is 1. The molecule has 0 fully saturated rings. The molecule has 1 aromatic carbocycles. The second kappa shape index (κ2) is 9.22. The van der Waals surface area contributed by atoms with Gasteiger partial charge in [0, 0.05) is 40.9 Å². The van der Waals surface area contributed by atoms with Gasteiger partial charge in [-0.1, -0.05) is 17.7 Å². The van der Waals surface area contributed by atoms with Crippen molar-refractivity contribution in [2.75, 3.05) is 11.1 Å². The lowest BCUT2D eigenvalue weighted by atomic mass is 10.3. The Morgan fingerprint density at radius 1 is 1.12 bits per heavy atom. The minimum absolute atomic E-state index is 0.105. The van der Waals surface area contributed by atoms with E-state index in [2.05, 4.69) is 15.3 Å². The zero-order valence-electron chi connectivity index (χ0n) is 13.8. The van der Waals surface area contributed by atoms with Gasteiger partial charge in [-0.3, -0.25) is 14.8 Å². The molecule has 0 aliphatic heterocycles. The maximum Gasteiger partial charge on any atom is 0.234 e. The van der Waals surface area contributed by atoms with Gasteiger partial charge in [-0.25, -0.2) is 0 Å². The lowest BCUT2D eigenvalue weighted by molar-refractivity contribution is -0.113. The number of benzene rings is 1. The molecule has 0 aliphatic carbocycles. The van der Waals surface area contributed by atoms with Crippen LogP contribution in [0.2, 0.25) is 5.02 Å². The molecule has 0 bridgehead atoms. The summed E-state index contributed by atoms with van der Waals surface area (Å²) in [4.78, 5) is 21.0. The molecule has 2 aromatic heterocycles. The fourth-order valence-corrected chi connectivity index (χ4v) is 3.04. The maximum absolute atomic E-state index is 12.1. The van der Waals surface area contributed by atoms with E-state index >= 15 is 0 Å². The molecule has 0 unspecified atom stereocenters. The first kappa shape index (κ1) is 18.2. The Morgan fingerprint density at radius 3 is 2.69 bits per heavy atom. The third-order valence-electron chi connectivity index (χ3n) is 3.35. The Labute approximate surface area is 160 Å². The minimum Gasteiger partial charge on any atom is -0.487 e. The highest BCUT2D eigenvalue weighted by molar-refractivity contribution is 8.00. The third kappa shape index (κ3) is 5.47. The van der Waals surface area contributed by atoms with Crippen LogP contribution in [0.15, 0.2) is 72.1 Å². The van der Waals surface area contributed by atoms with E-state index in [1.54, 1.807) is 43.0 Å². The van der Waals surface area contributed by atoms with Crippen LogP contribution < -0.4 is 10.1 Å². The van der Waals surface area contributed by atoms with Crippen molar-refractivity contribution in [3.63, 3.8) is 0 Å². The van der Waals surface area contributed by atoms with E-state index < -0.39 is 0 Å². The van der Waals surface area contributed by atoms with Gasteiger partial charge in [0.15, 0.2) is 0 Å². The van der Waals surface area contributed by atoms with Gasteiger partial charge >= 0.3 is 0 Å². The number of ether oxygens (including phenoxy) is 1. The summed E-state index contributed by atoms with van der Waals surface area (Å²) in [7, 11) is 0. The Bertz CT molecular complexity index is 863. The van der Waals surface area contributed by atoms with Crippen molar-refractivity contribution >= 4 is 35.0 Å². The number of nitrogens with zero attached hydrogens (tertiary/aromatic N) is 2. The van der Waals surface area contributed by atoms with Gasteiger partial charge in [-0.2, -0.15) is 0 Å². The quantitative estimate of drug-likeness (QED) is 0.609. The van der Waals surface area contributed by atoms with E-state index in [1.165, 1.54) is 11.8 Å². The Hall–Kier alpha value is -2.57. The molecule has 1 amide bonds. The normalized spacial score (nSPS) is 10.3. The van der Waals surface area contributed by atoms with E-state index in [1.807, 2.05) is 24.3 Å². The summed E-state index contributed by atoms with van der Waals surface area (Å²) in [5.41, 5.74) is 1.58. The first-order valence-electron chi connectivity index (χ1n) is 7.84. The Kier molecular flexibility index (Phi) is 6.46. The predicted octanol–water partition coefficient (Wildman–Crippen LogP) is 4.44. The van der Waals surface area contributed by atoms with Crippen LogP contribution in [0.5, 0.6) is 5.75 Å². The smallest absolute Gasteiger partial charge is 0.234 e. The van der Waals surface area contributed by atoms with Gasteiger partial charge in [-0.05, 0) is 36.4 Å². The molecule has 0 atom stereocenters. The zero-order chi connectivity index (χ0) is 18.2. The van der Waals surface area contributed by atoms with Gasteiger partial charge < -0.3 is 10.1 Å². The van der Waals surface area contributed by atoms with Gasteiger partial charge in [0.25, 0.3) is 0 Å². The number of anilines is 1. The highest BCUT2D eigenvalue weighted by Crippen LogP contribution is 2.28. The number of thioether (sulfide) groups is 1. The average Bonchev–Trinajstić information content (AvgIpc) is 2.67. The molecule has 0 saturated heterocycles. The first-order chi connectivity index (χ1) is 12.7. The van der Waals surface area contributed by atoms with E-state index in [9.17, 15) is 4.79 Å². The molecule has 0 aliphatic rings. The van der Waals surface area contributed by atoms with Crippen LogP contribution >= 0.6 is 23.4 Å². The third-order valence-corrected chi connectivity index (χ3v) is 4.66. The number of hydrogen-bond donors (Lipinski definition) is 1. The highest BCUT2D eigenvalue weighted by Gasteiger charge is 2.07. The average molecular weight is 386 g/mol. The number of hydrogen-bond acceptors (Lipinski definition) is 5. The molecule has 0 spiro atoms. The molecule has 132 valence electrons. The van der Waals surface area contributed by atoms with Crippen LogP contribution in [0.1, 0.15) is 5.56 Å². The van der Waals surface area contributed by atoms with Crippen LogP contribution in [0, 0.1) is 0 Å². The Balaban J connectivity index is 1.52. The van der Waals surface area contributed by atoms with Crippen LogP contribution in [-0.2, 0) is 11.4 Å². The number of nitrogens with one attached hydrogen (secondary N) is 1. The predicted molar refractivity (Wildman–Crippen MR) is 104 cm³/mol. The summed E-state index contributed by atoms with van der Waals surface area (Å²) >= 11 is 7.69. The standard InChI is InChI=1S/C19H16ClN3O2S/c20-17-10-15(23-19(24)13-26-16-5-8-21-9-6-16)3-4-18(17)25-12-14-2-1-7-22-11-14/h1-11H,12-13H2,(H,23,24). The van der Waals surface area contributed by atoms with Crippen LogP contribution in [0.3, 0.4) is 0 Å². The summed E-state index contributed by atoms with van der Waals surface area (Å²) in [6, 6.07) is 12.7. The molecule has 7 heteroatoms. The van der Waals surface area contributed by atoms with Gasteiger partial charge in [-0.15, -0.1) is 11.8 Å². The largest absolute Gasteiger partial charge is 0.487 e. The molecule has 0 radical (unpaired) electrons. The highest BCUT2D eigenvalue weighted by atomic mass is 35.5. The van der Waals surface area contributed by atoms with Gasteiger partial charge in [0.05, 0.1) is 10.8 Å². The summed E-state index contributed by atoms with van der Waals surface area (Å²) in [5.74, 6) is 0.757. The van der Waals surface area contributed by atoms with Crippen molar-refractivity contribution in [3.8, 4) is 5.75 Å². The van der Waals surface area contributed by atoms with Crippen molar-refractivity contribution in [2.45, 2.75) is 11.5 Å². The molecule has 26 heavy (non-hydrogen) atoms. The first-order valence-corrected chi connectivity index (χ1v) is 9.21. The zero-order valence-corrected chi connectivity index (χ0v) is 15.3. The van der Waals surface area contributed by atoms with E-state index in [0.29, 0.717) is 28.8 Å². The van der Waals surface area contributed by atoms with Gasteiger partial charge in [0.2, 0.25) is 5.91 Å². The summed E-state index contributed by atoms with van der Waals surface area (Å²) in [6.45, 7) is 0.377. The molecular formula is C19H16ClN3O2S. The fraction of sp³-hybridized carbons (Fsp3) is 0.105. The number of pyridine rings is 2. The Morgan fingerprint density at radius 2 is 1.96 bits per heavy atom. The summed E-state index contributed by atoms with van der Waals surface area (Å²) < 4.78 is 5.69. The summed E-state index contributed by atoms with van der Waals surface area (Å²) in [6.07, 6.45) is 6.85. The van der Waals surface area contributed by atoms with Crippen molar-refractivity contribution in [1.29, 1.82) is 0 Å². The second-order valence-electron chi connectivity index (χ2n) is 5.31. The molecule has 3 rings (SSSR count). The molecule has 0 saturated carbocycles. The van der Waals surface area contributed by atoms with Crippen LogP contribution in [-0.4, -0.2) is 21.6 Å². The SMILES string of the molecule is O=C(CSc1ccncc1)Nc1ccc(OCc2cccnc2)c(Cl)c1. The number of aromatic nitrogens is 2. The second-order valence-corrected chi connectivity index (χ2v) is 6.77. The number of rotatable bonds is 7. The van der Waals surface area contributed by atoms with E-state index in [-0.39, 0.29) is 5.91 Å². The van der Waals surface area contributed by atoms with E-state index in [4.69, 9.17) is 16.3 Å². The number of halogens is 1. The van der Waals surface area contributed by atoms with Crippen molar-refractivity contribution in [1.82, 2.24) is 9.97 Å². The fourth-order valence-electron chi connectivity index (χ4n) is 2.12. The molecule has 5 nitrogen and oxygen atoms in total. The van der Waals surface area contributed by atoms with Crippen LogP contribution in [0.25, 0.3) is 0 Å². The lowest BCUT2D eigenvalue weighted by Crippen LogP contribution is -2.14. The minimum atomic E-state index is -0.105. The lowest BCUT2D eigenvalue weighted by Gasteiger charge is -2.10. The van der Waals surface area contributed by atoms with Gasteiger partial charge in [0.1, 0.15) is 12.4 Å². The molecular weight excluding hydrogens is 370 g/mol. The maximum atomic E-state index is 12.1. The van der Waals surface area contributed by atoms with Crippen molar-refractivity contribution in [3.05, 3.63) is 77.8 Å². The molecule has 2 heterocycles. The van der Waals surface area contributed by atoms with Crippen LogP contribution in [0.4, 0.5) is 5.69 Å².